The Kier molecular flexibility index (Phi) is 2.64. The van der Waals surface area contributed by atoms with Gasteiger partial charge in [-0.3, -0.25) is 4.98 Å². The van der Waals surface area contributed by atoms with E-state index in [2.05, 4.69) is 4.98 Å². The van der Waals surface area contributed by atoms with Crippen LogP contribution in [0.3, 0.4) is 0 Å². The minimum Gasteiger partial charge on any atom is -0.255 e. The molecule has 0 unspecified atom stereocenters. The molecule has 0 bridgehead atoms. The van der Waals surface area contributed by atoms with Crippen molar-refractivity contribution in [2.75, 3.05) is 0 Å². The van der Waals surface area contributed by atoms with Crippen LogP contribution in [0.2, 0.25) is 0 Å². The van der Waals surface area contributed by atoms with Crippen LogP contribution in [0.1, 0.15) is 11.1 Å². The van der Waals surface area contributed by atoms with Crippen molar-refractivity contribution in [3.8, 4) is 0 Å². The molecule has 0 radical (unpaired) electrons. The van der Waals surface area contributed by atoms with Crippen LogP contribution in [0.5, 0.6) is 0 Å². The van der Waals surface area contributed by atoms with E-state index < -0.39 is 9.05 Å². The SMILES string of the molecule is Cc1cc(C)c2cccnc2c1S(=O)(=O)Cl. The number of fused-ring (bicyclic) bond motifs is 1. The molecule has 0 atom stereocenters. The lowest BCUT2D eigenvalue weighted by molar-refractivity contribution is 0.609. The normalized spacial score (nSPS) is 11.9. The van der Waals surface area contributed by atoms with Gasteiger partial charge in [-0.15, -0.1) is 0 Å². The average Bonchev–Trinajstić information content (AvgIpc) is 2.15. The van der Waals surface area contributed by atoms with Gasteiger partial charge in [0.1, 0.15) is 4.90 Å². The van der Waals surface area contributed by atoms with Crippen LogP contribution in [-0.2, 0) is 9.05 Å². The van der Waals surface area contributed by atoms with Gasteiger partial charge in [0.05, 0.1) is 5.52 Å². The van der Waals surface area contributed by atoms with Crippen molar-refractivity contribution in [3.63, 3.8) is 0 Å². The predicted octanol–water partition coefficient (Wildman–Crippen LogP) is 2.78. The van der Waals surface area contributed by atoms with Crippen molar-refractivity contribution in [3.05, 3.63) is 35.5 Å². The molecule has 1 aromatic carbocycles. The lowest BCUT2D eigenvalue weighted by Gasteiger charge is -2.08. The van der Waals surface area contributed by atoms with Crippen molar-refractivity contribution >= 4 is 30.6 Å². The topological polar surface area (TPSA) is 47.0 Å². The highest BCUT2D eigenvalue weighted by molar-refractivity contribution is 8.14. The van der Waals surface area contributed by atoms with E-state index in [1.165, 1.54) is 0 Å². The summed E-state index contributed by atoms with van der Waals surface area (Å²) in [6.45, 7) is 3.64. The van der Waals surface area contributed by atoms with Gasteiger partial charge in [0, 0.05) is 22.3 Å². The molecule has 0 amide bonds. The predicted molar refractivity (Wildman–Crippen MR) is 64.3 cm³/mol. The largest absolute Gasteiger partial charge is 0.263 e. The van der Waals surface area contributed by atoms with Crippen molar-refractivity contribution in [1.82, 2.24) is 4.98 Å². The molecule has 0 aliphatic heterocycles. The van der Waals surface area contributed by atoms with Crippen molar-refractivity contribution in [2.45, 2.75) is 18.7 Å². The molecule has 0 saturated carbocycles. The fourth-order valence-corrected chi connectivity index (χ4v) is 3.29. The summed E-state index contributed by atoms with van der Waals surface area (Å²) >= 11 is 0. The van der Waals surface area contributed by atoms with E-state index in [9.17, 15) is 8.42 Å². The number of halogens is 1. The van der Waals surface area contributed by atoms with Crippen molar-refractivity contribution in [1.29, 1.82) is 0 Å². The highest BCUT2D eigenvalue weighted by Gasteiger charge is 2.19. The van der Waals surface area contributed by atoms with E-state index in [0.717, 1.165) is 10.9 Å². The maximum absolute atomic E-state index is 11.5. The minimum atomic E-state index is -3.77. The molecule has 1 heterocycles. The lowest BCUT2D eigenvalue weighted by Crippen LogP contribution is -1.99. The van der Waals surface area contributed by atoms with Gasteiger partial charge in [0.25, 0.3) is 9.05 Å². The van der Waals surface area contributed by atoms with E-state index in [1.54, 1.807) is 25.3 Å². The second-order valence-corrected chi connectivity index (χ2v) is 6.18. The number of hydrogen-bond acceptors (Lipinski definition) is 3. The van der Waals surface area contributed by atoms with Crippen LogP contribution < -0.4 is 0 Å². The third-order valence-corrected chi connectivity index (χ3v) is 3.95. The summed E-state index contributed by atoms with van der Waals surface area (Å²) in [5.41, 5.74) is 2.05. The van der Waals surface area contributed by atoms with E-state index in [1.807, 2.05) is 13.0 Å². The molecule has 0 spiro atoms. The first-order valence-electron chi connectivity index (χ1n) is 4.71. The quantitative estimate of drug-likeness (QED) is 0.736. The van der Waals surface area contributed by atoms with Crippen molar-refractivity contribution < 1.29 is 8.42 Å². The van der Waals surface area contributed by atoms with Crippen LogP contribution in [0.15, 0.2) is 29.3 Å². The molecule has 84 valence electrons. The Labute approximate surface area is 98.5 Å². The Bertz CT molecular complexity index is 665. The fourth-order valence-electron chi connectivity index (χ4n) is 1.87. The minimum absolute atomic E-state index is 0.107. The summed E-state index contributed by atoms with van der Waals surface area (Å²) in [5, 5.41) is 0.812. The summed E-state index contributed by atoms with van der Waals surface area (Å²) in [6, 6.07) is 5.41. The lowest BCUT2D eigenvalue weighted by atomic mass is 10.1. The molecule has 0 aliphatic rings. The summed E-state index contributed by atoms with van der Waals surface area (Å²) in [6.07, 6.45) is 1.56. The van der Waals surface area contributed by atoms with Gasteiger partial charge in [-0.2, -0.15) is 0 Å². The number of benzene rings is 1. The summed E-state index contributed by atoms with van der Waals surface area (Å²) < 4.78 is 23.0. The second kappa shape index (κ2) is 3.71. The van der Waals surface area contributed by atoms with Gasteiger partial charge in [-0.05, 0) is 31.0 Å². The Morgan fingerprint density at radius 1 is 1.25 bits per heavy atom. The summed E-state index contributed by atoms with van der Waals surface area (Å²) in [7, 11) is 1.66. The Hall–Kier alpha value is -1.13. The first-order chi connectivity index (χ1) is 7.41. The smallest absolute Gasteiger partial charge is 0.255 e. The number of nitrogens with zero attached hydrogens (tertiary/aromatic N) is 1. The first-order valence-corrected chi connectivity index (χ1v) is 7.02. The molecule has 2 rings (SSSR count). The summed E-state index contributed by atoms with van der Waals surface area (Å²) in [5.74, 6) is 0. The standard InChI is InChI=1S/C11H10ClNO2S/c1-7-6-8(2)11(16(12,14)15)10-9(7)4-3-5-13-10/h3-6H,1-2H3. The number of aryl methyl sites for hydroxylation is 2. The van der Waals surface area contributed by atoms with E-state index >= 15 is 0 Å². The molecule has 2 aromatic rings. The monoisotopic (exact) mass is 255 g/mol. The Morgan fingerprint density at radius 3 is 2.56 bits per heavy atom. The average molecular weight is 256 g/mol. The third kappa shape index (κ3) is 1.79. The number of pyridine rings is 1. The van der Waals surface area contributed by atoms with Crippen LogP contribution >= 0.6 is 10.7 Å². The molecular weight excluding hydrogens is 246 g/mol. The van der Waals surface area contributed by atoms with Gasteiger partial charge >= 0.3 is 0 Å². The van der Waals surface area contributed by atoms with E-state index in [4.69, 9.17) is 10.7 Å². The fraction of sp³-hybridized carbons (Fsp3) is 0.182. The molecular formula is C11H10ClNO2S. The highest BCUT2D eigenvalue weighted by atomic mass is 35.7. The van der Waals surface area contributed by atoms with E-state index in [0.29, 0.717) is 11.1 Å². The molecule has 0 fully saturated rings. The van der Waals surface area contributed by atoms with Crippen LogP contribution in [0, 0.1) is 13.8 Å². The third-order valence-electron chi connectivity index (χ3n) is 2.48. The maximum atomic E-state index is 11.5. The van der Waals surface area contributed by atoms with Gasteiger partial charge in [-0.25, -0.2) is 8.42 Å². The molecule has 0 aliphatic carbocycles. The van der Waals surface area contributed by atoms with Crippen LogP contribution in [-0.4, -0.2) is 13.4 Å². The van der Waals surface area contributed by atoms with E-state index in [-0.39, 0.29) is 4.90 Å². The summed E-state index contributed by atoms with van der Waals surface area (Å²) in [4.78, 5) is 4.21. The molecule has 16 heavy (non-hydrogen) atoms. The molecule has 3 nitrogen and oxygen atoms in total. The zero-order valence-corrected chi connectivity index (χ0v) is 10.4. The Morgan fingerprint density at radius 2 is 1.94 bits per heavy atom. The van der Waals surface area contributed by atoms with Crippen LogP contribution in [0.25, 0.3) is 10.9 Å². The molecule has 1 aromatic heterocycles. The number of hydrogen-bond donors (Lipinski definition) is 0. The second-order valence-electron chi connectivity index (χ2n) is 3.68. The van der Waals surface area contributed by atoms with Gasteiger partial charge in [0.15, 0.2) is 0 Å². The van der Waals surface area contributed by atoms with Gasteiger partial charge < -0.3 is 0 Å². The molecule has 0 N–H and O–H groups in total. The zero-order valence-electron chi connectivity index (χ0n) is 8.86. The molecule has 5 heteroatoms. The van der Waals surface area contributed by atoms with Gasteiger partial charge in [0.2, 0.25) is 0 Å². The van der Waals surface area contributed by atoms with Gasteiger partial charge in [-0.1, -0.05) is 12.1 Å². The molecule has 0 saturated heterocycles. The zero-order chi connectivity index (χ0) is 11.9. The first kappa shape index (κ1) is 11.4. The number of rotatable bonds is 1. The highest BCUT2D eigenvalue weighted by Crippen LogP contribution is 2.29. The van der Waals surface area contributed by atoms with Crippen molar-refractivity contribution in [2.24, 2.45) is 0 Å². The Balaban J connectivity index is 3.05. The maximum Gasteiger partial charge on any atom is 0.263 e. The van der Waals surface area contributed by atoms with Crippen LogP contribution in [0.4, 0.5) is 0 Å². The number of aromatic nitrogens is 1.